The van der Waals surface area contributed by atoms with E-state index in [1.54, 1.807) is 12.1 Å². The van der Waals surface area contributed by atoms with Crippen molar-refractivity contribution in [2.45, 2.75) is 52.1 Å². The van der Waals surface area contributed by atoms with E-state index in [9.17, 15) is 4.39 Å². The second kappa shape index (κ2) is 6.85. The van der Waals surface area contributed by atoms with Crippen molar-refractivity contribution < 1.29 is 4.39 Å². The van der Waals surface area contributed by atoms with E-state index in [2.05, 4.69) is 19.2 Å². The van der Waals surface area contributed by atoms with Crippen LogP contribution in [-0.4, -0.2) is 6.04 Å². The highest BCUT2D eigenvalue weighted by Gasteiger charge is 2.26. The molecule has 1 fully saturated rings. The van der Waals surface area contributed by atoms with Gasteiger partial charge < -0.3 is 5.32 Å². The van der Waals surface area contributed by atoms with Gasteiger partial charge in [0.15, 0.2) is 0 Å². The van der Waals surface area contributed by atoms with Crippen molar-refractivity contribution >= 4 is 0 Å². The van der Waals surface area contributed by atoms with E-state index >= 15 is 0 Å². The van der Waals surface area contributed by atoms with Crippen molar-refractivity contribution in [2.24, 2.45) is 11.8 Å². The predicted molar refractivity (Wildman–Crippen MR) is 78.5 cm³/mol. The molecule has 2 atom stereocenters. The Balaban J connectivity index is 1.99. The molecule has 0 bridgehead atoms. The van der Waals surface area contributed by atoms with Crippen LogP contribution in [0.15, 0.2) is 18.2 Å². The summed E-state index contributed by atoms with van der Waals surface area (Å²) in [6.45, 7) is 5.29. The molecule has 1 aliphatic rings. The molecule has 0 aromatic heterocycles. The monoisotopic (exact) mass is 274 g/mol. The Labute approximate surface area is 121 Å². The first-order chi connectivity index (χ1) is 9.61. The number of nitrogens with one attached hydrogen (secondary N) is 1. The van der Waals surface area contributed by atoms with Gasteiger partial charge in [0.25, 0.3) is 0 Å². The largest absolute Gasteiger partial charge is 0.310 e. The van der Waals surface area contributed by atoms with E-state index in [1.807, 2.05) is 6.07 Å². The summed E-state index contributed by atoms with van der Waals surface area (Å²) in [4.78, 5) is 0. The quantitative estimate of drug-likeness (QED) is 0.900. The molecule has 1 aromatic rings. The van der Waals surface area contributed by atoms with Gasteiger partial charge >= 0.3 is 0 Å². The van der Waals surface area contributed by atoms with Gasteiger partial charge in [-0.3, -0.25) is 0 Å². The topological polar surface area (TPSA) is 35.8 Å². The Morgan fingerprint density at radius 2 is 2.10 bits per heavy atom. The van der Waals surface area contributed by atoms with Crippen molar-refractivity contribution in [3.63, 3.8) is 0 Å². The lowest BCUT2D eigenvalue weighted by Gasteiger charge is -2.35. The first-order valence-corrected chi connectivity index (χ1v) is 7.53. The van der Waals surface area contributed by atoms with Crippen LogP contribution in [-0.2, 0) is 6.54 Å². The Hall–Kier alpha value is -1.40. The van der Waals surface area contributed by atoms with Gasteiger partial charge in [0.2, 0.25) is 0 Å². The fraction of sp³-hybridized carbons (Fsp3) is 0.588. The molecule has 1 aromatic carbocycles. The molecular formula is C17H23FN2. The Morgan fingerprint density at radius 3 is 2.80 bits per heavy atom. The fourth-order valence-electron chi connectivity index (χ4n) is 3.23. The summed E-state index contributed by atoms with van der Waals surface area (Å²) in [6, 6.07) is 7.23. The van der Waals surface area contributed by atoms with Gasteiger partial charge in [-0.15, -0.1) is 0 Å². The minimum atomic E-state index is -0.436. The summed E-state index contributed by atoms with van der Waals surface area (Å²) in [5.74, 6) is 0.976. The highest BCUT2D eigenvalue weighted by Crippen LogP contribution is 2.30. The smallest absolute Gasteiger partial charge is 0.140 e. The fourth-order valence-corrected chi connectivity index (χ4v) is 3.23. The average Bonchev–Trinajstić information content (AvgIpc) is 2.46. The SMILES string of the molecule is CC(C)C1CCCCC1NCc1ccc(F)c(C#N)c1. The number of nitriles is 1. The normalized spacial score (nSPS) is 22.8. The van der Waals surface area contributed by atoms with Crippen LogP contribution in [0.5, 0.6) is 0 Å². The van der Waals surface area contributed by atoms with Crippen LogP contribution in [0.25, 0.3) is 0 Å². The first kappa shape index (κ1) is 15.0. The molecular weight excluding hydrogens is 251 g/mol. The molecule has 0 amide bonds. The lowest BCUT2D eigenvalue weighted by Crippen LogP contribution is -2.40. The molecule has 108 valence electrons. The molecule has 20 heavy (non-hydrogen) atoms. The summed E-state index contributed by atoms with van der Waals surface area (Å²) in [5.41, 5.74) is 1.12. The number of hydrogen-bond acceptors (Lipinski definition) is 2. The maximum absolute atomic E-state index is 13.3. The number of hydrogen-bond donors (Lipinski definition) is 1. The van der Waals surface area contributed by atoms with Crippen molar-refractivity contribution in [1.29, 1.82) is 5.26 Å². The summed E-state index contributed by atoms with van der Waals surface area (Å²) in [5, 5.41) is 12.5. The van der Waals surface area contributed by atoms with Crippen LogP contribution in [0.1, 0.15) is 50.7 Å². The Kier molecular flexibility index (Phi) is 5.14. The van der Waals surface area contributed by atoms with Crippen LogP contribution in [0.2, 0.25) is 0 Å². The average molecular weight is 274 g/mol. The summed E-state index contributed by atoms with van der Waals surface area (Å²) < 4.78 is 13.3. The second-order valence-corrected chi connectivity index (χ2v) is 6.11. The van der Waals surface area contributed by atoms with Gasteiger partial charge in [0.05, 0.1) is 5.56 Å². The van der Waals surface area contributed by atoms with Gasteiger partial charge in [0.1, 0.15) is 11.9 Å². The van der Waals surface area contributed by atoms with Gasteiger partial charge in [-0.2, -0.15) is 5.26 Å². The third-order valence-electron chi connectivity index (χ3n) is 4.40. The van der Waals surface area contributed by atoms with E-state index in [4.69, 9.17) is 5.26 Å². The maximum atomic E-state index is 13.3. The van der Waals surface area contributed by atoms with E-state index in [0.29, 0.717) is 18.5 Å². The van der Waals surface area contributed by atoms with Crippen LogP contribution in [0.3, 0.4) is 0 Å². The molecule has 0 spiro atoms. The van der Waals surface area contributed by atoms with Gasteiger partial charge in [0, 0.05) is 12.6 Å². The first-order valence-electron chi connectivity index (χ1n) is 7.53. The van der Waals surface area contributed by atoms with Crippen molar-refractivity contribution in [1.82, 2.24) is 5.32 Å². The molecule has 2 unspecified atom stereocenters. The van der Waals surface area contributed by atoms with Gasteiger partial charge in [-0.1, -0.05) is 32.8 Å². The molecule has 1 saturated carbocycles. The molecule has 1 N–H and O–H groups in total. The van der Waals surface area contributed by atoms with Crippen molar-refractivity contribution in [3.05, 3.63) is 35.1 Å². The molecule has 2 nitrogen and oxygen atoms in total. The molecule has 0 radical (unpaired) electrons. The van der Waals surface area contributed by atoms with Crippen LogP contribution >= 0.6 is 0 Å². The zero-order valence-electron chi connectivity index (χ0n) is 12.3. The minimum Gasteiger partial charge on any atom is -0.310 e. The molecule has 2 rings (SSSR count). The van der Waals surface area contributed by atoms with Crippen LogP contribution < -0.4 is 5.32 Å². The third-order valence-corrected chi connectivity index (χ3v) is 4.40. The maximum Gasteiger partial charge on any atom is 0.140 e. The lowest BCUT2D eigenvalue weighted by atomic mass is 9.78. The van der Waals surface area contributed by atoms with E-state index in [-0.39, 0.29) is 5.56 Å². The van der Waals surface area contributed by atoms with E-state index in [1.165, 1.54) is 31.7 Å². The van der Waals surface area contributed by atoms with Crippen molar-refractivity contribution in [3.8, 4) is 6.07 Å². The number of halogens is 1. The predicted octanol–water partition coefficient (Wildman–Crippen LogP) is 4.00. The standard InChI is InChI=1S/C17H23FN2/c1-12(2)15-5-3-4-6-17(15)20-11-13-7-8-16(18)14(9-13)10-19/h7-9,12,15,17,20H,3-6,11H2,1-2H3. The van der Waals surface area contributed by atoms with Gasteiger partial charge in [-0.05, 0) is 42.4 Å². The van der Waals surface area contributed by atoms with Crippen LogP contribution in [0, 0.1) is 29.0 Å². The highest BCUT2D eigenvalue weighted by molar-refractivity contribution is 5.34. The Bertz CT molecular complexity index is 490. The van der Waals surface area contributed by atoms with Crippen molar-refractivity contribution in [2.75, 3.05) is 0 Å². The number of rotatable bonds is 4. The summed E-state index contributed by atoms with van der Waals surface area (Å²) >= 11 is 0. The zero-order valence-corrected chi connectivity index (χ0v) is 12.3. The van der Waals surface area contributed by atoms with E-state index in [0.717, 1.165) is 11.5 Å². The summed E-state index contributed by atoms with van der Waals surface area (Å²) in [6.07, 6.45) is 5.13. The lowest BCUT2D eigenvalue weighted by molar-refractivity contribution is 0.204. The zero-order chi connectivity index (χ0) is 14.5. The molecule has 0 saturated heterocycles. The molecule has 0 heterocycles. The minimum absolute atomic E-state index is 0.133. The molecule has 1 aliphatic carbocycles. The third kappa shape index (κ3) is 3.58. The molecule has 0 aliphatic heterocycles. The van der Waals surface area contributed by atoms with Gasteiger partial charge in [-0.25, -0.2) is 4.39 Å². The van der Waals surface area contributed by atoms with E-state index < -0.39 is 5.82 Å². The second-order valence-electron chi connectivity index (χ2n) is 6.11. The highest BCUT2D eigenvalue weighted by atomic mass is 19.1. The summed E-state index contributed by atoms with van der Waals surface area (Å²) in [7, 11) is 0. The number of nitrogens with zero attached hydrogens (tertiary/aromatic N) is 1. The van der Waals surface area contributed by atoms with Crippen LogP contribution in [0.4, 0.5) is 4.39 Å². The number of benzene rings is 1. The molecule has 3 heteroatoms. The Morgan fingerprint density at radius 1 is 1.35 bits per heavy atom.